The van der Waals surface area contributed by atoms with E-state index in [0.29, 0.717) is 18.6 Å². The van der Waals surface area contributed by atoms with Gasteiger partial charge >= 0.3 is 0 Å². The molecule has 2 heterocycles. The van der Waals surface area contributed by atoms with Gasteiger partial charge in [-0.3, -0.25) is 4.99 Å². The van der Waals surface area contributed by atoms with Crippen molar-refractivity contribution in [2.45, 2.75) is 32.4 Å². The number of hydrogen-bond donors (Lipinski definition) is 2. The van der Waals surface area contributed by atoms with Crippen LogP contribution in [0.5, 0.6) is 0 Å². The first kappa shape index (κ1) is 24.0. The van der Waals surface area contributed by atoms with Crippen LogP contribution in [0.25, 0.3) is 0 Å². The van der Waals surface area contributed by atoms with Gasteiger partial charge in [-0.1, -0.05) is 37.3 Å². The molecule has 160 valence electrons. The Balaban J connectivity index is 0.00000300. The number of nitrogens with one attached hydrogen (secondary N) is 2. The van der Waals surface area contributed by atoms with E-state index in [9.17, 15) is 0 Å². The molecule has 0 radical (unpaired) electrons. The summed E-state index contributed by atoms with van der Waals surface area (Å²) >= 11 is 1.82. The van der Waals surface area contributed by atoms with Crippen LogP contribution in [-0.4, -0.2) is 45.3 Å². The van der Waals surface area contributed by atoms with Crippen LogP contribution in [0.3, 0.4) is 0 Å². The maximum atomic E-state index is 5.84. The molecule has 1 fully saturated rings. The largest absolute Gasteiger partial charge is 0.376 e. The molecule has 7 heteroatoms. The van der Waals surface area contributed by atoms with Crippen molar-refractivity contribution in [2.75, 3.05) is 38.2 Å². The Labute approximate surface area is 196 Å². The lowest BCUT2D eigenvalue weighted by molar-refractivity contribution is 0.0931. The summed E-state index contributed by atoms with van der Waals surface area (Å²) in [6, 6.07) is 15.1. The van der Waals surface area contributed by atoms with Crippen LogP contribution in [0.15, 0.2) is 52.8 Å². The fourth-order valence-corrected chi connectivity index (χ4v) is 4.15. The number of guanidine groups is 1. The predicted octanol–water partition coefficient (Wildman–Crippen LogP) is 4.35. The molecule has 0 amide bonds. The molecule has 1 unspecified atom stereocenters. The molecule has 2 N–H and O–H groups in total. The van der Waals surface area contributed by atoms with E-state index in [2.05, 4.69) is 57.1 Å². The third-order valence-electron chi connectivity index (χ3n) is 5.01. The number of piperidine rings is 1. The van der Waals surface area contributed by atoms with Crippen molar-refractivity contribution >= 4 is 46.3 Å². The van der Waals surface area contributed by atoms with Gasteiger partial charge in [0.2, 0.25) is 0 Å². The molecule has 5 nitrogen and oxygen atoms in total. The second kappa shape index (κ2) is 13.1. The van der Waals surface area contributed by atoms with Crippen molar-refractivity contribution in [3.8, 4) is 0 Å². The zero-order chi connectivity index (χ0) is 19.6. The number of benzene rings is 1. The van der Waals surface area contributed by atoms with Gasteiger partial charge in [0.25, 0.3) is 0 Å². The highest BCUT2D eigenvalue weighted by Crippen LogP contribution is 2.24. The van der Waals surface area contributed by atoms with E-state index in [-0.39, 0.29) is 24.0 Å². The van der Waals surface area contributed by atoms with Gasteiger partial charge in [-0.05, 0) is 41.8 Å². The van der Waals surface area contributed by atoms with Gasteiger partial charge in [0, 0.05) is 32.7 Å². The minimum atomic E-state index is 0. The molecular weight excluding hydrogens is 495 g/mol. The van der Waals surface area contributed by atoms with Gasteiger partial charge in [0.15, 0.2) is 5.96 Å². The molecule has 1 aliphatic heterocycles. The monoisotopic (exact) mass is 528 g/mol. The van der Waals surface area contributed by atoms with Crippen molar-refractivity contribution in [2.24, 2.45) is 10.9 Å². The summed E-state index contributed by atoms with van der Waals surface area (Å²) in [6.07, 6.45) is 2.27. The Hall–Kier alpha value is -1.32. The Morgan fingerprint density at radius 1 is 1.21 bits per heavy atom. The Morgan fingerprint density at radius 2 is 1.97 bits per heavy atom. The first-order valence-corrected chi connectivity index (χ1v) is 11.0. The lowest BCUT2D eigenvalue weighted by Gasteiger charge is -2.33. The van der Waals surface area contributed by atoms with Gasteiger partial charge in [0.05, 0.1) is 18.2 Å². The molecule has 29 heavy (non-hydrogen) atoms. The van der Waals surface area contributed by atoms with Crippen LogP contribution in [0.2, 0.25) is 0 Å². The van der Waals surface area contributed by atoms with E-state index >= 15 is 0 Å². The van der Waals surface area contributed by atoms with Gasteiger partial charge in [-0.2, -0.15) is 0 Å². The first-order valence-electron chi connectivity index (χ1n) is 10.1. The quantitative estimate of drug-likeness (QED) is 0.304. The van der Waals surface area contributed by atoms with E-state index in [1.807, 2.05) is 36.6 Å². The molecule has 3 rings (SSSR count). The summed E-state index contributed by atoms with van der Waals surface area (Å²) in [7, 11) is 1.84. The summed E-state index contributed by atoms with van der Waals surface area (Å²) < 4.78 is 5.84. The highest BCUT2D eigenvalue weighted by Gasteiger charge is 2.20. The molecule has 0 bridgehead atoms. The number of nitrogens with zero attached hydrogens (tertiary/aromatic N) is 2. The van der Waals surface area contributed by atoms with E-state index in [1.54, 1.807) is 0 Å². The van der Waals surface area contributed by atoms with Crippen molar-refractivity contribution < 1.29 is 4.74 Å². The van der Waals surface area contributed by atoms with Gasteiger partial charge in [0.1, 0.15) is 0 Å². The van der Waals surface area contributed by atoms with Crippen LogP contribution < -0.4 is 15.5 Å². The van der Waals surface area contributed by atoms with Crippen molar-refractivity contribution in [1.82, 2.24) is 10.6 Å². The molecule has 1 aromatic heterocycles. The highest BCUT2D eigenvalue weighted by atomic mass is 127. The normalized spacial score (nSPS) is 16.2. The molecule has 1 saturated heterocycles. The number of aliphatic imine (C=N–C) groups is 1. The summed E-state index contributed by atoms with van der Waals surface area (Å²) in [5.74, 6) is 1.31. The standard InChI is InChI=1S/C22H32N4OS.HI/c1-18(16-27-17-19-7-4-3-5-8-19)15-24-22(23-2)25-20-10-12-26(13-11-20)21-9-6-14-28-21;/h3-9,14,18,20H,10-13,15-17H2,1-2H3,(H2,23,24,25);1H. The third-order valence-corrected chi connectivity index (χ3v) is 5.94. The number of rotatable bonds is 8. The average molecular weight is 529 g/mol. The zero-order valence-corrected chi connectivity index (χ0v) is 20.5. The topological polar surface area (TPSA) is 48.9 Å². The lowest BCUT2D eigenvalue weighted by Crippen LogP contribution is -2.49. The van der Waals surface area contributed by atoms with Crippen molar-refractivity contribution in [1.29, 1.82) is 0 Å². The molecule has 2 aromatic rings. The lowest BCUT2D eigenvalue weighted by atomic mass is 10.1. The second-order valence-corrected chi connectivity index (χ2v) is 8.34. The Kier molecular flexibility index (Phi) is 10.8. The first-order chi connectivity index (χ1) is 13.7. The number of anilines is 1. The minimum Gasteiger partial charge on any atom is -0.376 e. The van der Waals surface area contributed by atoms with Gasteiger partial charge in [-0.15, -0.1) is 35.3 Å². The second-order valence-electron chi connectivity index (χ2n) is 7.42. The summed E-state index contributed by atoms with van der Waals surface area (Å²) in [6.45, 7) is 6.64. The molecule has 0 aliphatic carbocycles. The fourth-order valence-electron chi connectivity index (χ4n) is 3.36. The SMILES string of the molecule is CN=C(NCC(C)COCc1ccccc1)NC1CCN(c2cccs2)CC1.I. The van der Waals surface area contributed by atoms with E-state index < -0.39 is 0 Å². The number of halogens is 1. The Morgan fingerprint density at radius 3 is 2.62 bits per heavy atom. The zero-order valence-electron chi connectivity index (χ0n) is 17.3. The molecule has 1 aromatic carbocycles. The van der Waals surface area contributed by atoms with Crippen LogP contribution in [0.4, 0.5) is 5.00 Å². The molecule has 0 spiro atoms. The van der Waals surface area contributed by atoms with E-state index in [4.69, 9.17) is 4.74 Å². The minimum absolute atomic E-state index is 0. The molecule has 0 saturated carbocycles. The predicted molar refractivity (Wildman–Crippen MR) is 135 cm³/mol. The van der Waals surface area contributed by atoms with Crippen molar-refractivity contribution in [3.63, 3.8) is 0 Å². The highest BCUT2D eigenvalue weighted by molar-refractivity contribution is 14.0. The summed E-state index contributed by atoms with van der Waals surface area (Å²) in [4.78, 5) is 6.87. The number of ether oxygens (including phenoxy) is 1. The summed E-state index contributed by atoms with van der Waals surface area (Å²) in [5.41, 5.74) is 1.22. The van der Waals surface area contributed by atoms with Crippen LogP contribution in [0, 0.1) is 5.92 Å². The molecule has 1 atom stereocenters. The van der Waals surface area contributed by atoms with Gasteiger partial charge in [-0.25, -0.2) is 0 Å². The maximum Gasteiger partial charge on any atom is 0.191 e. The summed E-state index contributed by atoms with van der Waals surface area (Å²) in [5, 5.41) is 10.6. The van der Waals surface area contributed by atoms with Crippen molar-refractivity contribution in [3.05, 3.63) is 53.4 Å². The number of thiophene rings is 1. The fraction of sp³-hybridized carbons (Fsp3) is 0.500. The van der Waals surface area contributed by atoms with Crippen LogP contribution >= 0.6 is 35.3 Å². The van der Waals surface area contributed by atoms with Crippen LogP contribution in [-0.2, 0) is 11.3 Å². The van der Waals surface area contributed by atoms with E-state index in [0.717, 1.165) is 45.0 Å². The maximum absolute atomic E-state index is 5.84. The molecule has 1 aliphatic rings. The average Bonchev–Trinajstić information content (AvgIpc) is 3.27. The van der Waals surface area contributed by atoms with Gasteiger partial charge < -0.3 is 20.3 Å². The number of hydrogen-bond acceptors (Lipinski definition) is 4. The van der Waals surface area contributed by atoms with Crippen LogP contribution in [0.1, 0.15) is 25.3 Å². The van der Waals surface area contributed by atoms with E-state index in [1.165, 1.54) is 10.6 Å². The molecular formula is C22H33IN4OS. The smallest absolute Gasteiger partial charge is 0.191 e. The third kappa shape index (κ3) is 8.14. The Bertz CT molecular complexity index is 703.